The SMILES string of the molecule is COc1ccc(CC(=O)Nc2ccc(S(=O)(=O)N3CCCCC3)cc2)cc1F. The summed E-state index contributed by atoms with van der Waals surface area (Å²) >= 11 is 0. The minimum atomic E-state index is -3.50. The van der Waals surface area contributed by atoms with E-state index in [4.69, 9.17) is 4.74 Å². The smallest absolute Gasteiger partial charge is 0.243 e. The van der Waals surface area contributed by atoms with Crippen molar-refractivity contribution in [2.45, 2.75) is 30.6 Å². The van der Waals surface area contributed by atoms with E-state index < -0.39 is 15.8 Å². The highest BCUT2D eigenvalue weighted by atomic mass is 32.2. The van der Waals surface area contributed by atoms with Crippen LogP contribution in [0.1, 0.15) is 24.8 Å². The Morgan fingerprint density at radius 2 is 1.79 bits per heavy atom. The van der Waals surface area contributed by atoms with Crippen molar-refractivity contribution in [1.82, 2.24) is 4.31 Å². The van der Waals surface area contributed by atoms with Gasteiger partial charge in [-0.1, -0.05) is 12.5 Å². The number of amides is 1. The Kier molecular flexibility index (Phi) is 6.31. The van der Waals surface area contributed by atoms with Crippen LogP contribution in [-0.4, -0.2) is 38.8 Å². The number of rotatable bonds is 6. The Bertz CT molecular complexity index is 939. The zero-order valence-corrected chi connectivity index (χ0v) is 16.5. The summed E-state index contributed by atoms with van der Waals surface area (Å²) in [6.45, 7) is 1.08. The van der Waals surface area contributed by atoms with E-state index in [2.05, 4.69) is 5.32 Å². The maximum absolute atomic E-state index is 13.7. The topological polar surface area (TPSA) is 75.7 Å². The molecule has 1 fully saturated rings. The molecule has 0 bridgehead atoms. The average molecular weight is 406 g/mol. The molecule has 28 heavy (non-hydrogen) atoms. The van der Waals surface area contributed by atoms with Gasteiger partial charge in [-0.2, -0.15) is 4.31 Å². The van der Waals surface area contributed by atoms with Crippen LogP contribution in [0.4, 0.5) is 10.1 Å². The van der Waals surface area contributed by atoms with Crippen LogP contribution in [0.15, 0.2) is 47.4 Å². The van der Waals surface area contributed by atoms with Crippen molar-refractivity contribution in [1.29, 1.82) is 0 Å². The summed E-state index contributed by atoms with van der Waals surface area (Å²) in [6.07, 6.45) is 2.79. The molecule has 0 saturated carbocycles. The lowest BCUT2D eigenvalue weighted by Crippen LogP contribution is -2.35. The van der Waals surface area contributed by atoms with Crippen molar-refractivity contribution in [3.63, 3.8) is 0 Å². The normalized spacial score (nSPS) is 15.2. The van der Waals surface area contributed by atoms with E-state index >= 15 is 0 Å². The largest absolute Gasteiger partial charge is 0.494 e. The van der Waals surface area contributed by atoms with Crippen molar-refractivity contribution in [3.05, 3.63) is 53.8 Å². The van der Waals surface area contributed by atoms with Gasteiger partial charge in [-0.25, -0.2) is 12.8 Å². The second-order valence-corrected chi connectivity index (χ2v) is 8.62. The van der Waals surface area contributed by atoms with Crippen LogP contribution in [-0.2, 0) is 21.2 Å². The standard InChI is InChI=1S/C20H23FN2O4S/c1-27-19-10-5-15(13-18(19)21)14-20(24)22-16-6-8-17(9-7-16)28(25,26)23-11-3-2-4-12-23/h5-10,13H,2-4,11-12,14H2,1H3,(H,22,24). The van der Waals surface area contributed by atoms with Crippen LogP contribution in [0.3, 0.4) is 0 Å². The van der Waals surface area contributed by atoms with E-state index in [1.54, 1.807) is 18.2 Å². The number of hydrogen-bond donors (Lipinski definition) is 1. The number of hydrogen-bond acceptors (Lipinski definition) is 4. The summed E-state index contributed by atoms with van der Waals surface area (Å²) in [5, 5.41) is 2.70. The number of anilines is 1. The number of ether oxygens (including phenoxy) is 1. The highest BCUT2D eigenvalue weighted by Gasteiger charge is 2.25. The molecular formula is C20H23FN2O4S. The summed E-state index contributed by atoms with van der Waals surface area (Å²) in [5.74, 6) is -0.731. The van der Waals surface area contributed by atoms with Gasteiger partial charge in [0.2, 0.25) is 15.9 Å². The van der Waals surface area contributed by atoms with Gasteiger partial charge in [0.25, 0.3) is 0 Å². The third kappa shape index (κ3) is 4.69. The minimum absolute atomic E-state index is 0.00522. The van der Waals surface area contributed by atoms with E-state index in [1.807, 2.05) is 0 Å². The minimum Gasteiger partial charge on any atom is -0.494 e. The fourth-order valence-electron chi connectivity index (χ4n) is 3.17. The number of piperidine rings is 1. The molecular weight excluding hydrogens is 383 g/mol. The summed E-state index contributed by atoms with van der Waals surface area (Å²) < 4.78 is 45.4. The maximum atomic E-state index is 13.7. The first-order chi connectivity index (χ1) is 13.4. The molecule has 150 valence electrons. The predicted molar refractivity (Wildman–Crippen MR) is 104 cm³/mol. The van der Waals surface area contributed by atoms with Crippen molar-refractivity contribution < 1.29 is 22.3 Å². The first kappa shape index (κ1) is 20.3. The number of nitrogens with zero attached hydrogens (tertiary/aromatic N) is 1. The van der Waals surface area contributed by atoms with Gasteiger partial charge in [0.15, 0.2) is 11.6 Å². The number of carbonyl (C=O) groups excluding carboxylic acids is 1. The predicted octanol–water partition coefficient (Wildman–Crippen LogP) is 3.19. The first-order valence-electron chi connectivity index (χ1n) is 9.12. The molecule has 0 atom stereocenters. The molecule has 1 amide bonds. The highest BCUT2D eigenvalue weighted by Crippen LogP contribution is 2.22. The third-order valence-electron chi connectivity index (χ3n) is 4.67. The van der Waals surface area contributed by atoms with E-state index in [-0.39, 0.29) is 23.0 Å². The second kappa shape index (κ2) is 8.70. The lowest BCUT2D eigenvalue weighted by atomic mass is 10.1. The van der Waals surface area contributed by atoms with E-state index in [0.29, 0.717) is 24.3 Å². The van der Waals surface area contributed by atoms with Gasteiger partial charge in [-0.05, 0) is 54.8 Å². The van der Waals surface area contributed by atoms with Gasteiger partial charge in [-0.3, -0.25) is 4.79 Å². The molecule has 3 rings (SSSR count). The molecule has 2 aromatic carbocycles. The lowest BCUT2D eigenvalue weighted by Gasteiger charge is -2.25. The van der Waals surface area contributed by atoms with Gasteiger partial charge < -0.3 is 10.1 Å². The molecule has 0 spiro atoms. The lowest BCUT2D eigenvalue weighted by molar-refractivity contribution is -0.115. The van der Waals surface area contributed by atoms with Crippen molar-refractivity contribution in [3.8, 4) is 5.75 Å². The van der Waals surface area contributed by atoms with E-state index in [0.717, 1.165) is 19.3 Å². The molecule has 0 unspecified atom stereocenters. The molecule has 1 aliphatic heterocycles. The molecule has 1 saturated heterocycles. The van der Waals surface area contributed by atoms with Crippen molar-refractivity contribution in [2.75, 3.05) is 25.5 Å². The molecule has 1 heterocycles. The molecule has 6 nitrogen and oxygen atoms in total. The zero-order valence-electron chi connectivity index (χ0n) is 15.7. The fraction of sp³-hybridized carbons (Fsp3) is 0.350. The van der Waals surface area contributed by atoms with Crippen LogP contribution < -0.4 is 10.1 Å². The van der Waals surface area contributed by atoms with Crippen LogP contribution >= 0.6 is 0 Å². The number of methoxy groups -OCH3 is 1. The second-order valence-electron chi connectivity index (χ2n) is 6.68. The van der Waals surface area contributed by atoms with Gasteiger partial charge in [0, 0.05) is 18.8 Å². The molecule has 1 aliphatic rings. The quantitative estimate of drug-likeness (QED) is 0.799. The van der Waals surface area contributed by atoms with Crippen LogP contribution in [0.5, 0.6) is 5.75 Å². The Morgan fingerprint density at radius 3 is 2.39 bits per heavy atom. The molecule has 2 aromatic rings. The first-order valence-corrected chi connectivity index (χ1v) is 10.6. The van der Waals surface area contributed by atoms with Gasteiger partial charge >= 0.3 is 0 Å². The molecule has 0 aliphatic carbocycles. The van der Waals surface area contributed by atoms with E-state index in [1.165, 1.54) is 35.7 Å². The van der Waals surface area contributed by atoms with Crippen LogP contribution in [0, 0.1) is 5.82 Å². The van der Waals surface area contributed by atoms with Crippen LogP contribution in [0.2, 0.25) is 0 Å². The van der Waals surface area contributed by atoms with Crippen molar-refractivity contribution in [2.24, 2.45) is 0 Å². The molecule has 8 heteroatoms. The summed E-state index contributed by atoms with van der Waals surface area (Å²) in [6, 6.07) is 10.5. The Morgan fingerprint density at radius 1 is 1.11 bits per heavy atom. The third-order valence-corrected chi connectivity index (χ3v) is 6.58. The summed E-state index contributed by atoms with van der Waals surface area (Å²) in [5.41, 5.74) is 0.997. The number of benzene rings is 2. The number of sulfonamides is 1. The Hall–Kier alpha value is -2.45. The van der Waals surface area contributed by atoms with E-state index in [9.17, 15) is 17.6 Å². The number of carbonyl (C=O) groups is 1. The zero-order chi connectivity index (χ0) is 20.1. The number of halogens is 1. The summed E-state index contributed by atoms with van der Waals surface area (Å²) in [4.78, 5) is 12.4. The van der Waals surface area contributed by atoms with Gasteiger partial charge in [0.05, 0.1) is 18.4 Å². The fourth-order valence-corrected chi connectivity index (χ4v) is 4.69. The van der Waals surface area contributed by atoms with Gasteiger partial charge in [0.1, 0.15) is 0 Å². The molecule has 0 radical (unpaired) electrons. The Labute approximate surface area is 164 Å². The van der Waals surface area contributed by atoms with Gasteiger partial charge in [-0.15, -0.1) is 0 Å². The highest BCUT2D eigenvalue weighted by molar-refractivity contribution is 7.89. The Balaban J connectivity index is 1.63. The van der Waals surface area contributed by atoms with Crippen LogP contribution in [0.25, 0.3) is 0 Å². The monoisotopic (exact) mass is 406 g/mol. The number of nitrogens with one attached hydrogen (secondary N) is 1. The summed E-state index contributed by atoms with van der Waals surface area (Å²) in [7, 11) is -2.13. The molecule has 1 N–H and O–H groups in total. The maximum Gasteiger partial charge on any atom is 0.243 e. The van der Waals surface area contributed by atoms with Crippen molar-refractivity contribution >= 4 is 21.6 Å². The average Bonchev–Trinajstić information content (AvgIpc) is 2.69. The molecule has 0 aromatic heterocycles.